The third kappa shape index (κ3) is 3.48. The maximum Gasteiger partial charge on any atom is 0.124 e. The van der Waals surface area contributed by atoms with Crippen molar-refractivity contribution in [2.24, 2.45) is 5.92 Å². The van der Waals surface area contributed by atoms with Crippen molar-refractivity contribution in [3.63, 3.8) is 0 Å². The molecule has 19 heavy (non-hydrogen) atoms. The molecule has 0 amide bonds. The van der Waals surface area contributed by atoms with Gasteiger partial charge in [0.2, 0.25) is 0 Å². The first kappa shape index (κ1) is 13.9. The molecule has 0 spiro atoms. The van der Waals surface area contributed by atoms with Crippen molar-refractivity contribution in [3.05, 3.63) is 29.8 Å². The van der Waals surface area contributed by atoms with Crippen LogP contribution in [-0.2, 0) is 0 Å². The summed E-state index contributed by atoms with van der Waals surface area (Å²) in [4.78, 5) is 2.29. The molecule has 0 aromatic heterocycles. The van der Waals surface area contributed by atoms with E-state index >= 15 is 0 Å². The maximum absolute atomic E-state index is 9.51. The Kier molecular flexibility index (Phi) is 4.81. The Bertz CT molecular complexity index is 452. The summed E-state index contributed by atoms with van der Waals surface area (Å²) in [6, 6.07) is 10.2. The number of likely N-dealkylation sites (tertiary alicyclic amines) is 1. The van der Waals surface area contributed by atoms with Gasteiger partial charge >= 0.3 is 0 Å². The summed E-state index contributed by atoms with van der Waals surface area (Å²) in [6.07, 6.45) is 2.46. The fourth-order valence-electron chi connectivity index (χ4n) is 2.77. The van der Waals surface area contributed by atoms with Crippen LogP contribution in [0.2, 0.25) is 0 Å². The van der Waals surface area contributed by atoms with Crippen LogP contribution in [0.4, 0.5) is 0 Å². The molecule has 1 fully saturated rings. The monoisotopic (exact) mass is 258 g/mol. The van der Waals surface area contributed by atoms with E-state index in [9.17, 15) is 5.26 Å². The van der Waals surface area contributed by atoms with Crippen LogP contribution < -0.4 is 4.74 Å². The van der Waals surface area contributed by atoms with Crippen molar-refractivity contribution in [1.29, 1.82) is 5.26 Å². The summed E-state index contributed by atoms with van der Waals surface area (Å²) < 4.78 is 5.52. The molecule has 0 saturated carbocycles. The molecule has 0 N–H and O–H groups in total. The lowest BCUT2D eigenvalue weighted by Crippen LogP contribution is -2.36. The Hall–Kier alpha value is -1.53. The number of hydrogen-bond acceptors (Lipinski definition) is 3. The fraction of sp³-hybridized carbons (Fsp3) is 0.562. The van der Waals surface area contributed by atoms with Crippen molar-refractivity contribution in [3.8, 4) is 11.8 Å². The lowest BCUT2D eigenvalue weighted by molar-refractivity contribution is 0.156. The average Bonchev–Trinajstić information content (AvgIpc) is 2.41. The minimum absolute atomic E-state index is 0.150. The number of benzene rings is 1. The first-order valence-corrected chi connectivity index (χ1v) is 7.11. The molecule has 3 nitrogen and oxygen atoms in total. The zero-order chi connectivity index (χ0) is 13.7. The average molecular weight is 258 g/mol. The minimum atomic E-state index is -0.150. The summed E-state index contributed by atoms with van der Waals surface area (Å²) in [6.45, 7) is 6.91. The highest BCUT2D eigenvalue weighted by Crippen LogP contribution is 2.28. The Morgan fingerprint density at radius 3 is 3.05 bits per heavy atom. The summed E-state index contributed by atoms with van der Waals surface area (Å²) in [5.41, 5.74) is 1.04. The Morgan fingerprint density at radius 1 is 1.53 bits per heavy atom. The van der Waals surface area contributed by atoms with Crippen LogP contribution in [0.3, 0.4) is 0 Å². The molecular formula is C16H22N2O. The SMILES string of the molecule is CCOc1cccc(C(C#N)N2CCCC(C)C2)c1. The van der Waals surface area contributed by atoms with Crippen LogP contribution in [0, 0.1) is 17.2 Å². The van der Waals surface area contributed by atoms with E-state index in [4.69, 9.17) is 4.74 Å². The van der Waals surface area contributed by atoms with Gasteiger partial charge in [-0.1, -0.05) is 19.1 Å². The Morgan fingerprint density at radius 2 is 2.37 bits per heavy atom. The van der Waals surface area contributed by atoms with Gasteiger partial charge in [0, 0.05) is 6.54 Å². The largest absolute Gasteiger partial charge is 0.494 e. The van der Waals surface area contributed by atoms with Crippen molar-refractivity contribution in [1.82, 2.24) is 4.90 Å². The topological polar surface area (TPSA) is 36.3 Å². The number of rotatable bonds is 4. The molecule has 2 atom stereocenters. The molecule has 3 heteroatoms. The predicted octanol–water partition coefficient (Wildman–Crippen LogP) is 3.38. The quantitative estimate of drug-likeness (QED) is 0.830. The van der Waals surface area contributed by atoms with Gasteiger partial charge in [-0.05, 0) is 49.9 Å². The second-order valence-corrected chi connectivity index (χ2v) is 5.28. The van der Waals surface area contributed by atoms with E-state index in [0.29, 0.717) is 12.5 Å². The highest BCUT2D eigenvalue weighted by Gasteiger charge is 2.25. The molecule has 1 aliphatic heterocycles. The number of piperidine rings is 1. The van der Waals surface area contributed by atoms with E-state index in [0.717, 1.165) is 24.4 Å². The zero-order valence-electron chi connectivity index (χ0n) is 11.8. The van der Waals surface area contributed by atoms with Crippen LogP contribution in [0.25, 0.3) is 0 Å². The van der Waals surface area contributed by atoms with Crippen molar-refractivity contribution >= 4 is 0 Å². The molecule has 102 valence electrons. The highest BCUT2D eigenvalue weighted by atomic mass is 16.5. The normalized spacial score (nSPS) is 21.6. The first-order chi connectivity index (χ1) is 9.24. The lowest BCUT2D eigenvalue weighted by Gasteiger charge is -2.34. The first-order valence-electron chi connectivity index (χ1n) is 7.11. The van der Waals surface area contributed by atoms with Crippen molar-refractivity contribution < 1.29 is 4.74 Å². The smallest absolute Gasteiger partial charge is 0.124 e. The number of nitrogens with zero attached hydrogens (tertiary/aromatic N) is 2. The highest BCUT2D eigenvalue weighted by molar-refractivity contribution is 5.33. The van der Waals surface area contributed by atoms with E-state index in [-0.39, 0.29) is 6.04 Å². The lowest BCUT2D eigenvalue weighted by atomic mass is 9.96. The van der Waals surface area contributed by atoms with Gasteiger partial charge in [0.1, 0.15) is 11.8 Å². The van der Waals surface area contributed by atoms with E-state index in [1.807, 2.05) is 31.2 Å². The minimum Gasteiger partial charge on any atom is -0.494 e. The van der Waals surface area contributed by atoms with Gasteiger partial charge in [-0.3, -0.25) is 4.90 Å². The van der Waals surface area contributed by atoms with Gasteiger partial charge in [0.25, 0.3) is 0 Å². The number of ether oxygens (including phenoxy) is 1. The van der Waals surface area contributed by atoms with Crippen LogP contribution in [0.15, 0.2) is 24.3 Å². The molecule has 2 rings (SSSR count). The zero-order valence-corrected chi connectivity index (χ0v) is 11.8. The van der Waals surface area contributed by atoms with Gasteiger partial charge < -0.3 is 4.74 Å². The van der Waals surface area contributed by atoms with Gasteiger partial charge in [0.15, 0.2) is 0 Å². The fourth-order valence-corrected chi connectivity index (χ4v) is 2.77. The van der Waals surface area contributed by atoms with Gasteiger partial charge in [-0.25, -0.2) is 0 Å². The summed E-state index contributed by atoms with van der Waals surface area (Å²) in [5, 5.41) is 9.51. The van der Waals surface area contributed by atoms with Crippen LogP contribution >= 0.6 is 0 Å². The molecule has 1 aliphatic rings. The third-order valence-corrected chi connectivity index (χ3v) is 3.66. The van der Waals surface area contributed by atoms with Crippen LogP contribution in [-0.4, -0.2) is 24.6 Å². The molecule has 0 aliphatic carbocycles. The summed E-state index contributed by atoms with van der Waals surface area (Å²) in [7, 11) is 0. The van der Waals surface area contributed by atoms with E-state index in [2.05, 4.69) is 17.9 Å². The number of hydrogen-bond donors (Lipinski definition) is 0. The molecule has 1 heterocycles. The molecule has 1 aromatic carbocycles. The van der Waals surface area contributed by atoms with Crippen LogP contribution in [0.1, 0.15) is 38.3 Å². The molecule has 2 unspecified atom stereocenters. The third-order valence-electron chi connectivity index (χ3n) is 3.66. The van der Waals surface area contributed by atoms with E-state index in [1.165, 1.54) is 12.8 Å². The summed E-state index contributed by atoms with van der Waals surface area (Å²) in [5.74, 6) is 1.53. The number of nitriles is 1. The van der Waals surface area contributed by atoms with Gasteiger partial charge in [0.05, 0.1) is 12.7 Å². The van der Waals surface area contributed by atoms with E-state index < -0.39 is 0 Å². The Labute approximate surface area is 115 Å². The van der Waals surface area contributed by atoms with Crippen LogP contribution in [0.5, 0.6) is 5.75 Å². The van der Waals surface area contributed by atoms with Gasteiger partial charge in [-0.2, -0.15) is 5.26 Å². The molecule has 0 bridgehead atoms. The van der Waals surface area contributed by atoms with Gasteiger partial charge in [-0.15, -0.1) is 0 Å². The molecule has 0 radical (unpaired) electrons. The van der Waals surface area contributed by atoms with Crippen molar-refractivity contribution in [2.75, 3.05) is 19.7 Å². The molecule has 1 aromatic rings. The predicted molar refractivity (Wildman–Crippen MR) is 75.9 cm³/mol. The molecule has 1 saturated heterocycles. The van der Waals surface area contributed by atoms with Crippen molar-refractivity contribution in [2.45, 2.75) is 32.7 Å². The second-order valence-electron chi connectivity index (χ2n) is 5.28. The summed E-state index contributed by atoms with van der Waals surface area (Å²) >= 11 is 0. The Balaban J connectivity index is 2.17. The molecular weight excluding hydrogens is 236 g/mol. The second kappa shape index (κ2) is 6.58. The maximum atomic E-state index is 9.51. The standard InChI is InChI=1S/C16H22N2O/c1-3-19-15-8-4-7-14(10-15)16(11-17)18-9-5-6-13(2)12-18/h4,7-8,10,13,16H,3,5-6,9,12H2,1-2H3. The van der Waals surface area contributed by atoms with E-state index in [1.54, 1.807) is 0 Å².